The first-order chi connectivity index (χ1) is 9.05. The minimum atomic E-state index is -0.820. The third-order valence-corrected chi connectivity index (χ3v) is 3.53. The highest BCUT2D eigenvalue weighted by atomic mass is 16.7. The zero-order valence-corrected chi connectivity index (χ0v) is 11.6. The standard InChI is InChI=1S/C15H20O4/c1-11-14(16)15(2,17-3)9-13(19-11)18-10-12-7-5-4-6-8-12/h4-8,11,13H,9-10H2,1-3H3/t11-,13+,15+/m0/s1. The van der Waals surface area contributed by atoms with Crippen molar-refractivity contribution < 1.29 is 19.0 Å². The summed E-state index contributed by atoms with van der Waals surface area (Å²) in [4.78, 5) is 12.0. The van der Waals surface area contributed by atoms with Crippen molar-refractivity contribution in [1.29, 1.82) is 0 Å². The minimum absolute atomic E-state index is 0.0328. The predicted octanol–water partition coefficient (Wildman–Crippen LogP) is 2.31. The van der Waals surface area contributed by atoms with Crippen LogP contribution in [0.25, 0.3) is 0 Å². The zero-order chi connectivity index (χ0) is 13.9. The fraction of sp³-hybridized carbons (Fsp3) is 0.533. The molecular formula is C15H20O4. The molecule has 1 heterocycles. The normalized spacial score (nSPS) is 31.4. The number of carbonyl (C=O) groups excluding carboxylic acids is 1. The highest BCUT2D eigenvalue weighted by Crippen LogP contribution is 2.29. The van der Waals surface area contributed by atoms with Crippen molar-refractivity contribution in [3.05, 3.63) is 35.9 Å². The Hall–Kier alpha value is -1.23. The van der Waals surface area contributed by atoms with Crippen molar-refractivity contribution in [2.24, 2.45) is 0 Å². The van der Waals surface area contributed by atoms with E-state index in [1.54, 1.807) is 21.0 Å². The van der Waals surface area contributed by atoms with Crippen molar-refractivity contribution in [2.45, 2.75) is 44.9 Å². The molecule has 0 bridgehead atoms. The molecule has 0 amide bonds. The molecule has 1 saturated heterocycles. The van der Waals surface area contributed by atoms with Crippen molar-refractivity contribution >= 4 is 5.78 Å². The highest BCUT2D eigenvalue weighted by Gasteiger charge is 2.44. The smallest absolute Gasteiger partial charge is 0.192 e. The first kappa shape index (κ1) is 14.2. The summed E-state index contributed by atoms with van der Waals surface area (Å²) >= 11 is 0. The van der Waals surface area contributed by atoms with E-state index in [0.717, 1.165) is 5.56 Å². The fourth-order valence-electron chi connectivity index (χ4n) is 2.23. The van der Waals surface area contributed by atoms with Gasteiger partial charge >= 0.3 is 0 Å². The Morgan fingerprint density at radius 2 is 2.05 bits per heavy atom. The van der Waals surface area contributed by atoms with Crippen LogP contribution in [0.4, 0.5) is 0 Å². The molecule has 0 saturated carbocycles. The molecule has 0 unspecified atom stereocenters. The monoisotopic (exact) mass is 264 g/mol. The van der Waals surface area contributed by atoms with Crippen LogP contribution in [0.5, 0.6) is 0 Å². The molecule has 2 rings (SSSR count). The van der Waals surface area contributed by atoms with Crippen LogP contribution in [0.15, 0.2) is 30.3 Å². The van der Waals surface area contributed by atoms with Crippen molar-refractivity contribution in [2.75, 3.05) is 7.11 Å². The van der Waals surface area contributed by atoms with E-state index >= 15 is 0 Å². The Morgan fingerprint density at radius 3 is 2.68 bits per heavy atom. The first-order valence-electron chi connectivity index (χ1n) is 6.45. The number of rotatable bonds is 4. The van der Waals surface area contributed by atoms with Crippen LogP contribution in [-0.2, 0) is 25.6 Å². The topological polar surface area (TPSA) is 44.8 Å². The second-order valence-corrected chi connectivity index (χ2v) is 5.01. The molecule has 0 aromatic heterocycles. The lowest BCUT2D eigenvalue weighted by atomic mass is 9.90. The van der Waals surface area contributed by atoms with Crippen molar-refractivity contribution in [3.8, 4) is 0 Å². The quantitative estimate of drug-likeness (QED) is 0.837. The third-order valence-electron chi connectivity index (χ3n) is 3.53. The SMILES string of the molecule is CO[C@]1(C)C[C@H](OCc2ccccc2)O[C@@H](C)C1=O. The Morgan fingerprint density at radius 1 is 1.37 bits per heavy atom. The van der Waals surface area contributed by atoms with E-state index < -0.39 is 18.0 Å². The van der Waals surface area contributed by atoms with E-state index in [2.05, 4.69) is 0 Å². The molecule has 19 heavy (non-hydrogen) atoms. The van der Waals surface area contributed by atoms with E-state index in [9.17, 15) is 4.79 Å². The number of hydrogen-bond donors (Lipinski definition) is 0. The number of methoxy groups -OCH3 is 1. The molecule has 0 spiro atoms. The molecule has 1 fully saturated rings. The first-order valence-corrected chi connectivity index (χ1v) is 6.45. The second-order valence-electron chi connectivity index (χ2n) is 5.01. The number of ether oxygens (including phenoxy) is 3. The van der Waals surface area contributed by atoms with Gasteiger partial charge in [-0.2, -0.15) is 0 Å². The zero-order valence-electron chi connectivity index (χ0n) is 11.6. The molecule has 104 valence electrons. The van der Waals surface area contributed by atoms with Gasteiger partial charge in [-0.05, 0) is 19.4 Å². The van der Waals surface area contributed by atoms with Gasteiger partial charge in [0.25, 0.3) is 0 Å². The summed E-state index contributed by atoms with van der Waals surface area (Å²) in [6.07, 6.45) is -0.503. The summed E-state index contributed by atoms with van der Waals surface area (Å²) in [6.45, 7) is 3.98. The maximum atomic E-state index is 12.0. The summed E-state index contributed by atoms with van der Waals surface area (Å²) in [7, 11) is 1.55. The average molecular weight is 264 g/mol. The molecular weight excluding hydrogens is 244 g/mol. The molecule has 4 nitrogen and oxygen atoms in total. The van der Waals surface area contributed by atoms with E-state index in [1.807, 2.05) is 30.3 Å². The van der Waals surface area contributed by atoms with E-state index in [-0.39, 0.29) is 5.78 Å². The van der Waals surface area contributed by atoms with Gasteiger partial charge in [0, 0.05) is 13.5 Å². The second kappa shape index (κ2) is 5.82. The number of Topliss-reactive ketones (excluding diaryl/α,β-unsaturated/α-hetero) is 1. The van der Waals surface area contributed by atoms with Gasteiger partial charge in [0.15, 0.2) is 12.1 Å². The van der Waals surface area contributed by atoms with Gasteiger partial charge in [-0.25, -0.2) is 0 Å². The van der Waals surface area contributed by atoms with Crippen LogP contribution in [0.2, 0.25) is 0 Å². The summed E-state index contributed by atoms with van der Waals surface area (Å²) in [5, 5.41) is 0. The van der Waals surface area contributed by atoms with Crippen molar-refractivity contribution in [1.82, 2.24) is 0 Å². The molecule has 0 N–H and O–H groups in total. The van der Waals surface area contributed by atoms with Gasteiger partial charge in [-0.1, -0.05) is 30.3 Å². The van der Waals surface area contributed by atoms with Crippen LogP contribution in [0, 0.1) is 0 Å². The van der Waals surface area contributed by atoms with Gasteiger partial charge in [-0.15, -0.1) is 0 Å². The average Bonchev–Trinajstić information content (AvgIpc) is 2.43. The van der Waals surface area contributed by atoms with Crippen LogP contribution in [-0.4, -0.2) is 30.9 Å². The van der Waals surface area contributed by atoms with Crippen LogP contribution < -0.4 is 0 Å². The number of hydrogen-bond acceptors (Lipinski definition) is 4. The maximum Gasteiger partial charge on any atom is 0.192 e. The molecule has 0 radical (unpaired) electrons. The lowest BCUT2D eigenvalue weighted by Gasteiger charge is -2.38. The van der Waals surface area contributed by atoms with Gasteiger partial charge in [0.2, 0.25) is 0 Å². The minimum Gasteiger partial charge on any atom is -0.370 e. The molecule has 1 aromatic carbocycles. The van der Waals surface area contributed by atoms with Crippen LogP contribution in [0.3, 0.4) is 0 Å². The van der Waals surface area contributed by atoms with Crippen LogP contribution >= 0.6 is 0 Å². The maximum absolute atomic E-state index is 12.0. The van der Waals surface area contributed by atoms with Gasteiger partial charge in [0.1, 0.15) is 11.7 Å². The largest absolute Gasteiger partial charge is 0.370 e. The van der Waals surface area contributed by atoms with Gasteiger partial charge in [-0.3, -0.25) is 4.79 Å². The van der Waals surface area contributed by atoms with Crippen molar-refractivity contribution in [3.63, 3.8) is 0 Å². The Balaban J connectivity index is 1.96. The summed E-state index contributed by atoms with van der Waals surface area (Å²) in [5.41, 5.74) is 0.258. The highest BCUT2D eigenvalue weighted by molar-refractivity contribution is 5.91. The molecule has 1 aromatic rings. The number of ketones is 1. The Kier molecular flexibility index (Phi) is 4.34. The molecule has 0 aliphatic carbocycles. The van der Waals surface area contributed by atoms with E-state index in [4.69, 9.17) is 14.2 Å². The molecule has 4 heteroatoms. The molecule has 1 aliphatic rings. The summed E-state index contributed by atoms with van der Waals surface area (Å²) in [6, 6.07) is 9.88. The van der Waals surface area contributed by atoms with Gasteiger partial charge < -0.3 is 14.2 Å². The molecule has 3 atom stereocenters. The number of benzene rings is 1. The Bertz CT molecular complexity index is 431. The Labute approximate surface area is 113 Å². The third kappa shape index (κ3) is 3.21. The lowest BCUT2D eigenvalue weighted by Crippen LogP contribution is -2.53. The summed E-state index contributed by atoms with van der Waals surface area (Å²) < 4.78 is 16.6. The fourth-order valence-corrected chi connectivity index (χ4v) is 2.23. The lowest BCUT2D eigenvalue weighted by molar-refractivity contribution is -0.230. The van der Waals surface area contributed by atoms with E-state index in [0.29, 0.717) is 13.0 Å². The molecule has 1 aliphatic heterocycles. The van der Waals surface area contributed by atoms with E-state index in [1.165, 1.54) is 0 Å². The predicted molar refractivity (Wildman–Crippen MR) is 70.6 cm³/mol. The van der Waals surface area contributed by atoms with Gasteiger partial charge in [0.05, 0.1) is 6.61 Å². The summed E-state index contributed by atoms with van der Waals surface area (Å²) in [5.74, 6) is -0.0328. The van der Waals surface area contributed by atoms with Crippen LogP contribution in [0.1, 0.15) is 25.8 Å². The number of carbonyl (C=O) groups is 1.